The van der Waals surface area contributed by atoms with Crippen molar-refractivity contribution in [3.8, 4) is 0 Å². The maximum Gasteiger partial charge on any atom is 0.251 e. The van der Waals surface area contributed by atoms with Crippen LogP contribution in [0.3, 0.4) is 0 Å². The van der Waals surface area contributed by atoms with Gasteiger partial charge < -0.3 is 16.0 Å². The van der Waals surface area contributed by atoms with Crippen molar-refractivity contribution in [3.63, 3.8) is 0 Å². The van der Waals surface area contributed by atoms with E-state index in [1.807, 2.05) is 6.92 Å². The summed E-state index contributed by atoms with van der Waals surface area (Å²) in [6.45, 7) is 1.81. The van der Waals surface area contributed by atoms with Gasteiger partial charge in [-0.15, -0.1) is 0 Å². The van der Waals surface area contributed by atoms with E-state index in [0.717, 1.165) is 5.56 Å². The monoisotopic (exact) mass is 271 g/mol. The largest absolute Gasteiger partial charge is 0.399 e. The second kappa shape index (κ2) is 7.04. The van der Waals surface area contributed by atoms with E-state index in [-0.39, 0.29) is 18.9 Å². The average Bonchev–Trinajstić information content (AvgIpc) is 2.29. The Kier molecular flexibility index (Phi) is 5.69. The minimum absolute atomic E-state index is 0.174. The molecule has 1 amide bonds. The van der Waals surface area contributed by atoms with E-state index in [0.29, 0.717) is 17.9 Å². The summed E-state index contributed by atoms with van der Waals surface area (Å²) in [5.74, 6) is -0.200. The van der Waals surface area contributed by atoms with Crippen LogP contribution in [0.25, 0.3) is 0 Å². The molecule has 19 heavy (non-hydrogen) atoms. The van der Waals surface area contributed by atoms with Gasteiger partial charge in [-0.05, 0) is 37.7 Å². The molecular formula is C13H19F2N3O. The molecule has 0 atom stereocenters. The van der Waals surface area contributed by atoms with Gasteiger partial charge in [0.2, 0.25) is 5.91 Å². The second-order valence-electron chi connectivity index (χ2n) is 4.53. The van der Waals surface area contributed by atoms with Crippen molar-refractivity contribution in [1.82, 2.24) is 4.90 Å². The van der Waals surface area contributed by atoms with Crippen LogP contribution in [-0.4, -0.2) is 37.4 Å². The number of nitrogen functional groups attached to an aromatic ring is 1. The van der Waals surface area contributed by atoms with Crippen molar-refractivity contribution in [3.05, 3.63) is 23.8 Å². The first-order valence-electron chi connectivity index (χ1n) is 6.01. The van der Waals surface area contributed by atoms with Gasteiger partial charge in [-0.3, -0.25) is 4.79 Å². The highest BCUT2D eigenvalue weighted by atomic mass is 19.3. The van der Waals surface area contributed by atoms with Crippen LogP contribution in [0.15, 0.2) is 18.2 Å². The van der Waals surface area contributed by atoms with Gasteiger partial charge in [-0.25, -0.2) is 8.78 Å². The van der Waals surface area contributed by atoms with Crippen LogP contribution in [0.1, 0.15) is 12.0 Å². The molecule has 0 radical (unpaired) electrons. The molecule has 0 bridgehead atoms. The standard InChI is InChI=1S/C13H19F2N3O/c1-9-7-10(16)3-4-11(9)17-13(19)5-6-18(2)8-12(14)15/h3-4,7,12H,5-6,8,16H2,1-2H3,(H,17,19). The number of carbonyl (C=O) groups excluding carboxylic acids is 1. The molecule has 0 saturated carbocycles. The number of aryl methyl sites for hydroxylation is 1. The topological polar surface area (TPSA) is 58.4 Å². The molecule has 4 nitrogen and oxygen atoms in total. The predicted octanol–water partition coefficient (Wildman–Crippen LogP) is 2.10. The van der Waals surface area contributed by atoms with E-state index in [2.05, 4.69) is 5.32 Å². The zero-order valence-electron chi connectivity index (χ0n) is 11.1. The lowest BCUT2D eigenvalue weighted by molar-refractivity contribution is -0.116. The molecule has 0 saturated heterocycles. The summed E-state index contributed by atoms with van der Waals surface area (Å²) in [5.41, 5.74) is 7.80. The van der Waals surface area contributed by atoms with Gasteiger partial charge >= 0.3 is 0 Å². The number of benzene rings is 1. The summed E-state index contributed by atoms with van der Waals surface area (Å²) in [5, 5.41) is 2.74. The molecule has 106 valence electrons. The van der Waals surface area contributed by atoms with E-state index in [1.165, 1.54) is 4.90 Å². The first kappa shape index (κ1) is 15.4. The number of hydrogen-bond acceptors (Lipinski definition) is 3. The minimum atomic E-state index is -2.38. The summed E-state index contributed by atoms with van der Waals surface area (Å²) in [6, 6.07) is 5.19. The summed E-state index contributed by atoms with van der Waals surface area (Å²) in [4.78, 5) is 13.1. The van der Waals surface area contributed by atoms with Gasteiger partial charge in [0.25, 0.3) is 6.43 Å². The Morgan fingerprint density at radius 3 is 2.74 bits per heavy atom. The van der Waals surface area contributed by atoms with Crippen LogP contribution < -0.4 is 11.1 Å². The van der Waals surface area contributed by atoms with E-state index in [1.54, 1.807) is 25.2 Å². The van der Waals surface area contributed by atoms with Crippen molar-refractivity contribution in [1.29, 1.82) is 0 Å². The molecule has 0 spiro atoms. The molecule has 6 heteroatoms. The molecule has 1 rings (SSSR count). The number of carbonyl (C=O) groups is 1. The maximum atomic E-state index is 12.1. The van der Waals surface area contributed by atoms with Gasteiger partial charge in [0.05, 0.1) is 6.54 Å². The molecule has 3 N–H and O–H groups in total. The average molecular weight is 271 g/mol. The number of hydrogen-bond donors (Lipinski definition) is 2. The van der Waals surface area contributed by atoms with Crippen LogP contribution in [0.2, 0.25) is 0 Å². The normalized spacial score (nSPS) is 11.1. The van der Waals surface area contributed by atoms with Crippen LogP contribution >= 0.6 is 0 Å². The van der Waals surface area contributed by atoms with E-state index < -0.39 is 6.43 Å². The van der Waals surface area contributed by atoms with E-state index >= 15 is 0 Å². The quantitative estimate of drug-likeness (QED) is 0.779. The van der Waals surface area contributed by atoms with Crippen LogP contribution in [-0.2, 0) is 4.79 Å². The molecular weight excluding hydrogens is 252 g/mol. The Hall–Kier alpha value is -1.69. The third-order valence-electron chi connectivity index (χ3n) is 2.69. The number of amides is 1. The van der Waals surface area contributed by atoms with Gasteiger partial charge in [-0.1, -0.05) is 0 Å². The third-order valence-corrected chi connectivity index (χ3v) is 2.69. The Balaban J connectivity index is 2.43. The molecule has 0 unspecified atom stereocenters. The number of rotatable bonds is 6. The summed E-state index contributed by atoms with van der Waals surface area (Å²) < 4.78 is 24.2. The van der Waals surface area contributed by atoms with Crippen LogP contribution in [0.5, 0.6) is 0 Å². The highest BCUT2D eigenvalue weighted by Crippen LogP contribution is 2.17. The smallest absolute Gasteiger partial charge is 0.251 e. The lowest BCUT2D eigenvalue weighted by Crippen LogP contribution is -2.28. The lowest BCUT2D eigenvalue weighted by atomic mass is 10.2. The predicted molar refractivity (Wildman–Crippen MR) is 72.3 cm³/mol. The van der Waals surface area contributed by atoms with Crippen molar-refractivity contribution in [2.45, 2.75) is 19.8 Å². The summed E-state index contributed by atoms with van der Waals surface area (Å²) in [7, 11) is 1.56. The van der Waals surface area contributed by atoms with E-state index in [4.69, 9.17) is 5.73 Å². The summed E-state index contributed by atoms with van der Waals surface area (Å²) >= 11 is 0. The fourth-order valence-electron chi connectivity index (χ4n) is 1.66. The number of nitrogens with zero attached hydrogens (tertiary/aromatic N) is 1. The fourth-order valence-corrected chi connectivity index (χ4v) is 1.66. The minimum Gasteiger partial charge on any atom is -0.399 e. The molecule has 0 aliphatic carbocycles. The van der Waals surface area contributed by atoms with Crippen molar-refractivity contribution >= 4 is 17.3 Å². The first-order chi connectivity index (χ1) is 8.88. The number of alkyl halides is 2. The van der Waals surface area contributed by atoms with Crippen molar-refractivity contribution < 1.29 is 13.6 Å². The Morgan fingerprint density at radius 1 is 1.47 bits per heavy atom. The van der Waals surface area contributed by atoms with Gasteiger partial charge in [0.15, 0.2) is 0 Å². The SMILES string of the molecule is Cc1cc(N)ccc1NC(=O)CCN(C)CC(F)F. The van der Waals surface area contributed by atoms with E-state index in [9.17, 15) is 13.6 Å². The Morgan fingerprint density at radius 2 is 2.16 bits per heavy atom. The zero-order chi connectivity index (χ0) is 14.4. The maximum absolute atomic E-state index is 12.1. The highest BCUT2D eigenvalue weighted by Gasteiger charge is 2.10. The number of anilines is 2. The number of nitrogens with one attached hydrogen (secondary N) is 1. The number of nitrogens with two attached hydrogens (primary N) is 1. The fraction of sp³-hybridized carbons (Fsp3) is 0.462. The highest BCUT2D eigenvalue weighted by molar-refractivity contribution is 5.91. The Bertz CT molecular complexity index is 438. The summed E-state index contributed by atoms with van der Waals surface area (Å²) in [6.07, 6.45) is -2.21. The van der Waals surface area contributed by atoms with Gasteiger partial charge in [0, 0.05) is 24.3 Å². The van der Waals surface area contributed by atoms with Gasteiger partial charge in [-0.2, -0.15) is 0 Å². The lowest BCUT2D eigenvalue weighted by Gasteiger charge is -2.15. The molecule has 0 aromatic heterocycles. The molecule has 0 aliphatic rings. The molecule has 0 fully saturated rings. The molecule has 0 heterocycles. The first-order valence-corrected chi connectivity index (χ1v) is 6.01. The molecule has 1 aromatic rings. The molecule has 0 aliphatic heterocycles. The zero-order valence-corrected chi connectivity index (χ0v) is 11.1. The van der Waals surface area contributed by atoms with Gasteiger partial charge in [0.1, 0.15) is 0 Å². The Labute approximate surface area is 111 Å². The van der Waals surface area contributed by atoms with Crippen molar-refractivity contribution in [2.24, 2.45) is 0 Å². The van der Waals surface area contributed by atoms with Crippen LogP contribution in [0, 0.1) is 6.92 Å². The number of halogens is 2. The second-order valence-corrected chi connectivity index (χ2v) is 4.53. The van der Waals surface area contributed by atoms with Crippen molar-refractivity contribution in [2.75, 3.05) is 31.2 Å². The third kappa shape index (κ3) is 5.65. The van der Waals surface area contributed by atoms with Crippen LogP contribution in [0.4, 0.5) is 20.2 Å². The molecule has 1 aromatic carbocycles.